The van der Waals surface area contributed by atoms with Gasteiger partial charge in [-0.05, 0) is 95.3 Å². The molecule has 0 spiro atoms. The maximum atomic E-state index is 10.6. The van der Waals surface area contributed by atoms with Crippen LogP contribution in [0.5, 0.6) is 0 Å². The number of anilines is 2. The zero-order chi connectivity index (χ0) is 25.4. The number of rotatable bonds is 5. The van der Waals surface area contributed by atoms with Gasteiger partial charge in [-0.15, -0.1) is 5.10 Å². The third-order valence-corrected chi connectivity index (χ3v) is 7.68. The molecule has 2 atom stereocenters. The average Bonchev–Trinajstić information content (AvgIpc) is 3.36. The van der Waals surface area contributed by atoms with E-state index >= 15 is 0 Å². The van der Waals surface area contributed by atoms with E-state index in [4.69, 9.17) is 5.10 Å². The largest absolute Gasteiger partial charge is 0.393 e. The molecule has 4 aromatic rings. The average molecular weight is 480 g/mol. The lowest BCUT2D eigenvalue weighted by atomic mass is 9.91. The number of nitrogens with zero attached hydrogens (tertiary/aromatic N) is 5. The zero-order valence-corrected chi connectivity index (χ0v) is 21.4. The van der Waals surface area contributed by atoms with Gasteiger partial charge in [0.15, 0.2) is 5.82 Å². The maximum Gasteiger partial charge on any atom is 0.159 e. The summed E-state index contributed by atoms with van der Waals surface area (Å²) in [6.45, 7) is 8.55. The molecule has 1 saturated carbocycles. The highest BCUT2D eigenvalue weighted by atomic mass is 16.3. The van der Waals surface area contributed by atoms with Crippen LogP contribution in [0.4, 0.5) is 11.5 Å². The lowest BCUT2D eigenvalue weighted by Gasteiger charge is -2.36. The Morgan fingerprint density at radius 1 is 0.917 bits per heavy atom. The van der Waals surface area contributed by atoms with E-state index in [1.165, 1.54) is 5.56 Å². The first-order valence-electron chi connectivity index (χ1n) is 12.7. The van der Waals surface area contributed by atoms with Gasteiger partial charge >= 0.3 is 0 Å². The van der Waals surface area contributed by atoms with E-state index in [9.17, 15) is 10.4 Å². The van der Waals surface area contributed by atoms with E-state index in [-0.39, 0.29) is 12.1 Å². The highest BCUT2D eigenvalue weighted by Crippen LogP contribution is 2.40. The maximum absolute atomic E-state index is 10.6. The minimum absolute atomic E-state index is 0.154. The monoisotopic (exact) mass is 479 g/mol. The van der Waals surface area contributed by atoms with Gasteiger partial charge in [0.25, 0.3) is 0 Å². The van der Waals surface area contributed by atoms with E-state index < -0.39 is 0 Å². The summed E-state index contributed by atoms with van der Waals surface area (Å²) in [7, 11) is 0. The Morgan fingerprint density at radius 3 is 2.31 bits per heavy atom. The van der Waals surface area contributed by atoms with Crippen LogP contribution < -0.4 is 4.90 Å². The molecule has 0 bridgehead atoms. The number of nitriles is 1. The SMILES string of the molecule is Cc1c(N(c2nn(-c3ccccc3)c(C)c2C)C2CCCC(O)C2)cn(-c2ccc(C#N)cc2)c1C. The Morgan fingerprint density at radius 2 is 1.64 bits per heavy atom. The minimum atomic E-state index is -0.300. The molecule has 0 saturated heterocycles. The lowest BCUT2D eigenvalue weighted by molar-refractivity contribution is 0.120. The Labute approximate surface area is 213 Å². The molecule has 1 N–H and O–H groups in total. The fourth-order valence-electron chi connectivity index (χ4n) is 5.36. The van der Waals surface area contributed by atoms with Crippen molar-refractivity contribution in [1.29, 1.82) is 5.26 Å². The summed E-state index contributed by atoms with van der Waals surface area (Å²) in [6.07, 6.45) is 5.46. The van der Waals surface area contributed by atoms with Gasteiger partial charge in [-0.2, -0.15) is 5.26 Å². The molecule has 1 aliphatic carbocycles. The molecule has 1 aliphatic rings. The van der Waals surface area contributed by atoms with Crippen molar-refractivity contribution in [2.75, 3.05) is 4.90 Å². The molecule has 2 unspecified atom stereocenters. The van der Waals surface area contributed by atoms with Crippen LogP contribution in [0, 0.1) is 39.0 Å². The summed E-state index contributed by atoms with van der Waals surface area (Å²) in [5.41, 5.74) is 8.40. The van der Waals surface area contributed by atoms with Gasteiger partial charge in [-0.1, -0.05) is 18.2 Å². The predicted molar refractivity (Wildman–Crippen MR) is 143 cm³/mol. The number of hydrogen-bond acceptors (Lipinski definition) is 4. The van der Waals surface area contributed by atoms with Gasteiger partial charge < -0.3 is 14.6 Å². The number of benzene rings is 2. The molecule has 0 amide bonds. The predicted octanol–water partition coefficient (Wildman–Crippen LogP) is 6.21. The van der Waals surface area contributed by atoms with Gasteiger partial charge in [0.2, 0.25) is 0 Å². The number of aliphatic hydroxyl groups excluding tert-OH is 1. The highest BCUT2D eigenvalue weighted by Gasteiger charge is 2.32. The van der Waals surface area contributed by atoms with Crippen molar-refractivity contribution in [2.24, 2.45) is 0 Å². The molecular formula is C30H33N5O. The first-order chi connectivity index (χ1) is 17.4. The molecule has 2 aromatic carbocycles. The van der Waals surface area contributed by atoms with Crippen LogP contribution in [0.3, 0.4) is 0 Å². The molecule has 0 radical (unpaired) electrons. The Bertz CT molecular complexity index is 1410. The summed E-state index contributed by atoms with van der Waals surface area (Å²) in [6, 6.07) is 20.3. The summed E-state index contributed by atoms with van der Waals surface area (Å²) in [4.78, 5) is 2.37. The third-order valence-electron chi connectivity index (χ3n) is 7.68. The first kappa shape index (κ1) is 23.9. The fraction of sp³-hybridized carbons (Fsp3) is 0.333. The van der Waals surface area contributed by atoms with Crippen molar-refractivity contribution >= 4 is 11.5 Å². The van der Waals surface area contributed by atoms with Crippen LogP contribution in [0.1, 0.15) is 53.8 Å². The van der Waals surface area contributed by atoms with Crippen molar-refractivity contribution in [3.63, 3.8) is 0 Å². The van der Waals surface area contributed by atoms with Crippen LogP contribution in [0.25, 0.3) is 11.4 Å². The molecule has 2 heterocycles. The van der Waals surface area contributed by atoms with Crippen molar-refractivity contribution in [3.05, 3.63) is 88.9 Å². The zero-order valence-electron chi connectivity index (χ0n) is 21.4. The molecular weight excluding hydrogens is 446 g/mol. The quantitative estimate of drug-likeness (QED) is 0.369. The fourth-order valence-corrected chi connectivity index (χ4v) is 5.36. The van der Waals surface area contributed by atoms with Gasteiger partial charge in [-0.3, -0.25) is 0 Å². The standard InChI is InChI=1S/C30H33N5O/c1-20-22(3)33(25-15-13-24(18-31)14-16-25)19-29(20)34(27-11-8-12-28(36)17-27)30-21(2)23(4)35(32-30)26-9-6-5-7-10-26/h5-7,9-10,13-16,19,27-28,36H,8,11-12,17H2,1-4H3. The second-order valence-electron chi connectivity index (χ2n) is 9.88. The van der Waals surface area contributed by atoms with Gasteiger partial charge in [-0.25, -0.2) is 4.68 Å². The van der Waals surface area contributed by atoms with Crippen LogP contribution in [-0.2, 0) is 0 Å². The Hall–Kier alpha value is -3.82. The van der Waals surface area contributed by atoms with Crippen LogP contribution in [-0.4, -0.2) is 31.6 Å². The minimum Gasteiger partial charge on any atom is -0.393 e. The molecule has 0 aliphatic heterocycles. The third kappa shape index (κ3) is 4.20. The summed E-state index contributed by atoms with van der Waals surface area (Å²) < 4.78 is 4.21. The topological polar surface area (TPSA) is 70.0 Å². The molecule has 36 heavy (non-hydrogen) atoms. The van der Waals surface area contributed by atoms with E-state index in [0.29, 0.717) is 5.56 Å². The number of hydrogen-bond donors (Lipinski definition) is 1. The molecule has 184 valence electrons. The number of aromatic nitrogens is 3. The van der Waals surface area contributed by atoms with E-state index in [1.54, 1.807) is 0 Å². The van der Waals surface area contributed by atoms with E-state index in [0.717, 1.165) is 65.5 Å². The van der Waals surface area contributed by atoms with Gasteiger partial charge in [0.1, 0.15) is 0 Å². The normalized spacial score (nSPS) is 17.7. The number of aliphatic hydroxyl groups is 1. The Kier molecular flexibility index (Phi) is 6.42. The summed E-state index contributed by atoms with van der Waals surface area (Å²) in [5.74, 6) is 0.940. The van der Waals surface area contributed by atoms with Crippen molar-refractivity contribution in [2.45, 2.75) is 65.5 Å². The van der Waals surface area contributed by atoms with Gasteiger partial charge in [0.05, 0.1) is 29.1 Å². The van der Waals surface area contributed by atoms with Crippen LogP contribution >= 0.6 is 0 Å². The molecule has 2 aromatic heterocycles. The Balaban J connectivity index is 1.66. The lowest BCUT2D eigenvalue weighted by Crippen LogP contribution is -2.38. The molecule has 6 nitrogen and oxygen atoms in total. The second-order valence-corrected chi connectivity index (χ2v) is 9.88. The number of para-hydroxylation sites is 1. The van der Waals surface area contributed by atoms with Crippen molar-refractivity contribution < 1.29 is 5.11 Å². The van der Waals surface area contributed by atoms with Crippen LogP contribution in [0.15, 0.2) is 60.8 Å². The van der Waals surface area contributed by atoms with Gasteiger partial charge in [0, 0.05) is 34.9 Å². The molecule has 1 fully saturated rings. The van der Waals surface area contributed by atoms with Crippen molar-refractivity contribution in [1.82, 2.24) is 14.3 Å². The summed E-state index contributed by atoms with van der Waals surface area (Å²) in [5, 5.41) is 25.0. The van der Waals surface area contributed by atoms with E-state index in [1.807, 2.05) is 47.1 Å². The highest BCUT2D eigenvalue weighted by molar-refractivity contribution is 5.70. The smallest absolute Gasteiger partial charge is 0.159 e. The first-order valence-corrected chi connectivity index (χ1v) is 12.7. The summed E-state index contributed by atoms with van der Waals surface area (Å²) >= 11 is 0. The van der Waals surface area contributed by atoms with E-state index in [2.05, 4.69) is 61.6 Å². The van der Waals surface area contributed by atoms with Crippen molar-refractivity contribution in [3.8, 4) is 17.4 Å². The molecule has 6 heteroatoms. The second kappa shape index (κ2) is 9.67. The van der Waals surface area contributed by atoms with Crippen LogP contribution in [0.2, 0.25) is 0 Å². The molecule has 5 rings (SSSR count).